The van der Waals surface area contributed by atoms with Crippen LogP contribution in [0, 0.1) is 0 Å². The fourth-order valence-corrected chi connectivity index (χ4v) is 2.86. The number of carbonyl (C=O) groups excluding carboxylic acids is 1. The second kappa shape index (κ2) is 7.15. The number of hydrogen-bond donors (Lipinski definition) is 1. The highest BCUT2D eigenvalue weighted by atomic mass is 32.1. The first kappa shape index (κ1) is 15.4. The average Bonchev–Trinajstić information content (AvgIpc) is 3.11. The Hall–Kier alpha value is -2.53. The zero-order valence-corrected chi connectivity index (χ0v) is 13.6. The van der Waals surface area contributed by atoms with Gasteiger partial charge in [-0.3, -0.25) is 4.79 Å². The molecule has 0 aliphatic rings. The summed E-state index contributed by atoms with van der Waals surface area (Å²) in [5, 5.41) is 6.94. The summed E-state index contributed by atoms with van der Waals surface area (Å²) in [7, 11) is 1.64. The van der Waals surface area contributed by atoms with Crippen LogP contribution in [0.1, 0.15) is 4.88 Å². The molecular weight excluding hydrogens is 310 g/mol. The van der Waals surface area contributed by atoms with Gasteiger partial charge in [-0.2, -0.15) is 0 Å². The molecular formula is C18H17NO3S. The second-order valence-corrected chi connectivity index (χ2v) is 6.05. The number of hydrogen-bond acceptors (Lipinski definition) is 4. The number of rotatable bonds is 6. The van der Waals surface area contributed by atoms with E-state index < -0.39 is 0 Å². The summed E-state index contributed by atoms with van der Waals surface area (Å²) in [5.41, 5.74) is 0. The van der Waals surface area contributed by atoms with E-state index in [9.17, 15) is 4.79 Å². The standard InChI is InChI=1S/C18H17NO3S/c1-21-15-6-4-13-5-7-16(10-14(13)9-15)22-12-18(20)19-11-17-3-2-8-23-17/h2-10H,11-12H2,1H3,(H,19,20). The van der Waals surface area contributed by atoms with Crippen molar-refractivity contribution in [3.05, 3.63) is 58.8 Å². The molecule has 0 aliphatic carbocycles. The van der Waals surface area contributed by atoms with Crippen molar-refractivity contribution in [2.75, 3.05) is 13.7 Å². The smallest absolute Gasteiger partial charge is 0.258 e. The lowest BCUT2D eigenvalue weighted by Gasteiger charge is -2.08. The van der Waals surface area contributed by atoms with E-state index in [1.54, 1.807) is 18.4 Å². The fourth-order valence-electron chi connectivity index (χ4n) is 2.22. The van der Waals surface area contributed by atoms with E-state index >= 15 is 0 Å². The first-order valence-corrected chi connectivity index (χ1v) is 8.12. The van der Waals surface area contributed by atoms with Crippen molar-refractivity contribution >= 4 is 28.0 Å². The van der Waals surface area contributed by atoms with Gasteiger partial charge in [0.15, 0.2) is 6.61 Å². The first-order chi connectivity index (χ1) is 11.2. The van der Waals surface area contributed by atoms with Gasteiger partial charge in [-0.25, -0.2) is 0 Å². The highest BCUT2D eigenvalue weighted by Crippen LogP contribution is 2.24. The van der Waals surface area contributed by atoms with E-state index in [-0.39, 0.29) is 12.5 Å². The summed E-state index contributed by atoms with van der Waals surface area (Å²) in [6, 6.07) is 15.5. The third-order valence-electron chi connectivity index (χ3n) is 3.43. The van der Waals surface area contributed by atoms with Crippen molar-refractivity contribution in [2.24, 2.45) is 0 Å². The summed E-state index contributed by atoms with van der Waals surface area (Å²) >= 11 is 1.62. The van der Waals surface area contributed by atoms with Crippen LogP contribution in [-0.2, 0) is 11.3 Å². The van der Waals surface area contributed by atoms with Gasteiger partial charge in [0, 0.05) is 4.88 Å². The van der Waals surface area contributed by atoms with E-state index in [2.05, 4.69) is 5.32 Å². The van der Waals surface area contributed by atoms with Crippen molar-refractivity contribution in [1.29, 1.82) is 0 Å². The predicted octanol–water partition coefficient (Wildman–Crippen LogP) is 3.61. The molecule has 0 saturated heterocycles. The summed E-state index contributed by atoms with van der Waals surface area (Å²) in [6.45, 7) is 0.537. The molecule has 118 valence electrons. The van der Waals surface area contributed by atoms with E-state index in [1.165, 1.54) is 0 Å². The largest absolute Gasteiger partial charge is 0.497 e. The Balaban J connectivity index is 1.59. The molecule has 0 bridgehead atoms. The molecule has 1 heterocycles. The van der Waals surface area contributed by atoms with Crippen molar-refractivity contribution in [1.82, 2.24) is 5.32 Å². The van der Waals surface area contributed by atoms with Crippen LogP contribution in [0.3, 0.4) is 0 Å². The zero-order chi connectivity index (χ0) is 16.1. The Labute approximate surface area is 138 Å². The lowest BCUT2D eigenvalue weighted by molar-refractivity contribution is -0.123. The molecule has 3 rings (SSSR count). The third-order valence-corrected chi connectivity index (χ3v) is 4.31. The minimum Gasteiger partial charge on any atom is -0.497 e. The molecule has 0 spiro atoms. The van der Waals surface area contributed by atoms with Gasteiger partial charge in [0.05, 0.1) is 13.7 Å². The van der Waals surface area contributed by atoms with Crippen LogP contribution in [-0.4, -0.2) is 19.6 Å². The number of carbonyl (C=O) groups is 1. The van der Waals surface area contributed by atoms with Gasteiger partial charge in [-0.1, -0.05) is 18.2 Å². The second-order valence-electron chi connectivity index (χ2n) is 5.02. The van der Waals surface area contributed by atoms with Crippen molar-refractivity contribution in [2.45, 2.75) is 6.54 Å². The molecule has 0 aliphatic heterocycles. The SMILES string of the molecule is COc1ccc2ccc(OCC(=O)NCc3cccs3)cc2c1. The maximum atomic E-state index is 11.8. The van der Waals surface area contributed by atoms with Gasteiger partial charge in [-0.15, -0.1) is 11.3 Å². The van der Waals surface area contributed by atoms with Crippen LogP contribution >= 0.6 is 11.3 Å². The molecule has 0 fully saturated rings. The van der Waals surface area contributed by atoms with Gasteiger partial charge in [0.2, 0.25) is 0 Å². The minimum atomic E-state index is -0.135. The Morgan fingerprint density at radius 3 is 2.61 bits per heavy atom. The van der Waals surface area contributed by atoms with Crippen LogP contribution in [0.2, 0.25) is 0 Å². The average molecular weight is 327 g/mol. The molecule has 2 aromatic carbocycles. The number of nitrogens with one attached hydrogen (secondary N) is 1. The first-order valence-electron chi connectivity index (χ1n) is 7.24. The normalized spacial score (nSPS) is 10.5. The van der Waals surface area contributed by atoms with E-state index in [4.69, 9.17) is 9.47 Å². The van der Waals surface area contributed by atoms with E-state index in [0.717, 1.165) is 21.4 Å². The highest BCUT2D eigenvalue weighted by molar-refractivity contribution is 7.09. The molecule has 1 amide bonds. The quantitative estimate of drug-likeness (QED) is 0.752. The van der Waals surface area contributed by atoms with Crippen molar-refractivity contribution < 1.29 is 14.3 Å². The van der Waals surface area contributed by atoms with Crippen molar-refractivity contribution in [3.63, 3.8) is 0 Å². The lowest BCUT2D eigenvalue weighted by Crippen LogP contribution is -2.28. The number of ether oxygens (including phenoxy) is 2. The van der Waals surface area contributed by atoms with Gasteiger partial charge >= 0.3 is 0 Å². The van der Waals surface area contributed by atoms with Crippen LogP contribution in [0.5, 0.6) is 11.5 Å². The highest BCUT2D eigenvalue weighted by Gasteiger charge is 2.05. The fraction of sp³-hybridized carbons (Fsp3) is 0.167. The van der Waals surface area contributed by atoms with E-state index in [0.29, 0.717) is 12.3 Å². The van der Waals surface area contributed by atoms with Gasteiger partial charge in [0.1, 0.15) is 11.5 Å². The molecule has 5 heteroatoms. The Bertz CT molecular complexity index is 799. The van der Waals surface area contributed by atoms with Crippen LogP contribution < -0.4 is 14.8 Å². The molecule has 0 atom stereocenters. The topological polar surface area (TPSA) is 47.6 Å². The van der Waals surface area contributed by atoms with Gasteiger partial charge in [-0.05, 0) is 46.5 Å². The molecule has 0 saturated carbocycles. The van der Waals surface area contributed by atoms with Gasteiger partial charge in [0.25, 0.3) is 5.91 Å². The number of thiophene rings is 1. The molecule has 4 nitrogen and oxygen atoms in total. The van der Waals surface area contributed by atoms with Crippen LogP contribution in [0.25, 0.3) is 10.8 Å². The zero-order valence-electron chi connectivity index (χ0n) is 12.7. The number of benzene rings is 2. The summed E-state index contributed by atoms with van der Waals surface area (Å²) in [6.07, 6.45) is 0. The monoisotopic (exact) mass is 327 g/mol. The maximum absolute atomic E-state index is 11.8. The Kier molecular flexibility index (Phi) is 4.78. The molecule has 23 heavy (non-hydrogen) atoms. The molecule has 1 aromatic heterocycles. The predicted molar refractivity (Wildman–Crippen MR) is 92.2 cm³/mol. The number of methoxy groups -OCH3 is 1. The Morgan fingerprint density at radius 2 is 1.87 bits per heavy atom. The molecule has 0 radical (unpaired) electrons. The lowest BCUT2D eigenvalue weighted by atomic mass is 10.1. The molecule has 1 N–H and O–H groups in total. The summed E-state index contributed by atoms with van der Waals surface area (Å²) < 4.78 is 10.8. The summed E-state index contributed by atoms with van der Waals surface area (Å²) in [5.74, 6) is 1.32. The molecule has 0 unspecified atom stereocenters. The Morgan fingerprint density at radius 1 is 1.09 bits per heavy atom. The van der Waals surface area contributed by atoms with Crippen molar-refractivity contribution in [3.8, 4) is 11.5 Å². The maximum Gasteiger partial charge on any atom is 0.258 e. The third kappa shape index (κ3) is 4.02. The summed E-state index contributed by atoms with van der Waals surface area (Å²) in [4.78, 5) is 12.9. The van der Waals surface area contributed by atoms with Gasteiger partial charge < -0.3 is 14.8 Å². The minimum absolute atomic E-state index is 0.000844. The number of amides is 1. The van der Waals surface area contributed by atoms with Crippen LogP contribution in [0.15, 0.2) is 53.9 Å². The van der Waals surface area contributed by atoms with E-state index in [1.807, 2.05) is 53.9 Å². The van der Waals surface area contributed by atoms with Crippen LogP contribution in [0.4, 0.5) is 0 Å². The molecule has 3 aromatic rings. The number of fused-ring (bicyclic) bond motifs is 1.